The maximum absolute atomic E-state index is 12.3. The normalized spacial score (nSPS) is 18.3. The van der Waals surface area contributed by atoms with E-state index in [1.54, 1.807) is 0 Å². The molecule has 0 radical (unpaired) electrons. The van der Waals surface area contributed by atoms with E-state index in [0.717, 1.165) is 13.1 Å². The lowest BCUT2D eigenvalue weighted by Crippen LogP contribution is -2.44. The van der Waals surface area contributed by atoms with Crippen molar-refractivity contribution in [1.29, 1.82) is 0 Å². The van der Waals surface area contributed by atoms with Gasteiger partial charge in [0, 0.05) is 32.6 Å². The molecule has 2 unspecified atom stereocenters. The first kappa shape index (κ1) is 18.9. The zero-order chi connectivity index (χ0) is 17.4. The van der Waals surface area contributed by atoms with Gasteiger partial charge in [0.05, 0.1) is 19.3 Å². The van der Waals surface area contributed by atoms with Gasteiger partial charge in [-0.25, -0.2) is 0 Å². The molecule has 5 heteroatoms. The number of morpholine rings is 1. The Morgan fingerprint density at radius 2 is 1.92 bits per heavy atom. The average molecular weight is 334 g/mol. The highest BCUT2D eigenvalue weighted by molar-refractivity contribution is 5.76. The summed E-state index contributed by atoms with van der Waals surface area (Å²) < 4.78 is 5.29. The van der Waals surface area contributed by atoms with Crippen LogP contribution >= 0.6 is 0 Å². The molecule has 0 aliphatic carbocycles. The molecule has 1 heterocycles. The predicted molar refractivity (Wildman–Crippen MR) is 94.9 cm³/mol. The van der Waals surface area contributed by atoms with Gasteiger partial charge in [-0.15, -0.1) is 0 Å². The van der Waals surface area contributed by atoms with E-state index < -0.39 is 6.10 Å². The largest absolute Gasteiger partial charge is 0.390 e. The van der Waals surface area contributed by atoms with E-state index in [-0.39, 0.29) is 11.8 Å². The Morgan fingerprint density at radius 3 is 2.54 bits per heavy atom. The second-order valence-corrected chi connectivity index (χ2v) is 6.84. The molecule has 5 nitrogen and oxygen atoms in total. The average Bonchev–Trinajstić information content (AvgIpc) is 2.59. The number of benzene rings is 1. The molecular formula is C19H30N2O3. The van der Waals surface area contributed by atoms with E-state index in [2.05, 4.69) is 36.2 Å². The summed E-state index contributed by atoms with van der Waals surface area (Å²) in [5.74, 6) is 0.581. The lowest BCUT2D eigenvalue weighted by atomic mass is 9.85. The Bertz CT molecular complexity index is 487. The number of hydrogen-bond acceptors (Lipinski definition) is 4. The highest BCUT2D eigenvalue weighted by Crippen LogP contribution is 2.27. The first-order chi connectivity index (χ1) is 11.6. The molecule has 1 aromatic rings. The summed E-state index contributed by atoms with van der Waals surface area (Å²) in [6.07, 6.45) is -0.0901. The third-order valence-electron chi connectivity index (χ3n) is 4.55. The first-order valence-corrected chi connectivity index (χ1v) is 8.86. The van der Waals surface area contributed by atoms with Crippen molar-refractivity contribution in [1.82, 2.24) is 10.2 Å². The summed E-state index contributed by atoms with van der Waals surface area (Å²) in [6, 6.07) is 10.2. The molecule has 24 heavy (non-hydrogen) atoms. The molecule has 1 saturated heterocycles. The number of ether oxygens (including phenoxy) is 1. The molecule has 1 aliphatic heterocycles. The van der Waals surface area contributed by atoms with Crippen LogP contribution in [0.25, 0.3) is 0 Å². The molecule has 0 saturated carbocycles. The van der Waals surface area contributed by atoms with Gasteiger partial charge < -0.3 is 15.2 Å². The predicted octanol–water partition coefficient (Wildman–Crippen LogP) is 1.63. The van der Waals surface area contributed by atoms with Crippen LogP contribution in [0.3, 0.4) is 0 Å². The van der Waals surface area contributed by atoms with Crippen molar-refractivity contribution in [2.24, 2.45) is 5.92 Å². The minimum atomic E-state index is -0.540. The van der Waals surface area contributed by atoms with Crippen molar-refractivity contribution in [2.75, 3.05) is 39.4 Å². The fourth-order valence-corrected chi connectivity index (χ4v) is 3.09. The van der Waals surface area contributed by atoms with Crippen LogP contribution in [-0.4, -0.2) is 61.4 Å². The van der Waals surface area contributed by atoms with Crippen molar-refractivity contribution in [3.05, 3.63) is 35.9 Å². The first-order valence-electron chi connectivity index (χ1n) is 8.86. The van der Waals surface area contributed by atoms with Gasteiger partial charge in [0.1, 0.15) is 0 Å². The standard InChI is InChI=1S/C19H30N2O3/c1-15(2)18(16-6-4-3-5-7-16)12-19(23)20-13-17(22)14-21-8-10-24-11-9-21/h3-7,15,17-18,22H,8-14H2,1-2H3,(H,20,23). The maximum atomic E-state index is 12.3. The zero-order valence-electron chi connectivity index (χ0n) is 14.8. The molecule has 0 aromatic heterocycles. The molecule has 2 rings (SSSR count). The summed E-state index contributed by atoms with van der Waals surface area (Å²) in [7, 11) is 0. The monoisotopic (exact) mass is 334 g/mol. The molecular weight excluding hydrogens is 304 g/mol. The van der Waals surface area contributed by atoms with E-state index in [9.17, 15) is 9.90 Å². The number of carbonyl (C=O) groups is 1. The van der Waals surface area contributed by atoms with Crippen molar-refractivity contribution < 1.29 is 14.6 Å². The highest BCUT2D eigenvalue weighted by Gasteiger charge is 2.20. The van der Waals surface area contributed by atoms with E-state index >= 15 is 0 Å². The Kier molecular flexibility index (Phi) is 7.69. The molecule has 1 aromatic carbocycles. The molecule has 1 amide bonds. The van der Waals surface area contributed by atoms with Gasteiger partial charge >= 0.3 is 0 Å². The zero-order valence-corrected chi connectivity index (χ0v) is 14.8. The van der Waals surface area contributed by atoms with Gasteiger partial charge in [0.25, 0.3) is 0 Å². The third-order valence-corrected chi connectivity index (χ3v) is 4.55. The fourth-order valence-electron chi connectivity index (χ4n) is 3.09. The van der Waals surface area contributed by atoms with Gasteiger partial charge in [0.15, 0.2) is 0 Å². The summed E-state index contributed by atoms with van der Waals surface area (Å²) in [5, 5.41) is 13.0. The lowest BCUT2D eigenvalue weighted by molar-refractivity contribution is -0.122. The van der Waals surface area contributed by atoms with Gasteiger partial charge in [-0.2, -0.15) is 0 Å². The second-order valence-electron chi connectivity index (χ2n) is 6.84. The van der Waals surface area contributed by atoms with Crippen LogP contribution in [0, 0.1) is 5.92 Å². The van der Waals surface area contributed by atoms with Crippen molar-refractivity contribution in [2.45, 2.75) is 32.3 Å². The number of rotatable bonds is 8. The molecule has 2 N–H and O–H groups in total. The summed E-state index contributed by atoms with van der Waals surface area (Å²) in [6.45, 7) is 8.27. The van der Waals surface area contributed by atoms with Crippen LogP contribution in [0.5, 0.6) is 0 Å². The van der Waals surface area contributed by atoms with Crippen LogP contribution < -0.4 is 5.32 Å². The molecule has 1 fully saturated rings. The molecule has 1 aliphatic rings. The maximum Gasteiger partial charge on any atom is 0.220 e. The summed E-state index contributed by atoms with van der Waals surface area (Å²) in [5.41, 5.74) is 1.19. The topological polar surface area (TPSA) is 61.8 Å². The minimum absolute atomic E-state index is 0.00131. The van der Waals surface area contributed by atoms with Crippen LogP contribution in [0.1, 0.15) is 31.7 Å². The third kappa shape index (κ3) is 6.23. The Hall–Kier alpha value is -1.43. The quantitative estimate of drug-likeness (QED) is 0.758. The number of carbonyl (C=O) groups excluding carboxylic acids is 1. The van der Waals surface area contributed by atoms with E-state index in [1.165, 1.54) is 5.56 Å². The molecule has 0 bridgehead atoms. The number of nitrogens with zero attached hydrogens (tertiary/aromatic N) is 1. The molecule has 134 valence electrons. The van der Waals surface area contributed by atoms with Crippen molar-refractivity contribution >= 4 is 5.91 Å². The minimum Gasteiger partial charge on any atom is -0.390 e. The van der Waals surface area contributed by atoms with E-state index in [0.29, 0.717) is 38.6 Å². The van der Waals surface area contributed by atoms with Crippen molar-refractivity contribution in [3.8, 4) is 0 Å². The number of nitrogens with one attached hydrogen (secondary N) is 1. The van der Waals surface area contributed by atoms with Gasteiger partial charge in [-0.05, 0) is 17.4 Å². The number of amides is 1. The molecule has 2 atom stereocenters. The highest BCUT2D eigenvalue weighted by atomic mass is 16.5. The van der Waals surface area contributed by atoms with E-state index in [1.807, 2.05) is 18.2 Å². The number of hydrogen-bond donors (Lipinski definition) is 2. The van der Waals surface area contributed by atoms with Crippen molar-refractivity contribution in [3.63, 3.8) is 0 Å². The Labute approximate surface area is 145 Å². The number of aliphatic hydroxyl groups is 1. The van der Waals surface area contributed by atoms with Crippen LogP contribution in [0.15, 0.2) is 30.3 Å². The second kappa shape index (κ2) is 9.77. The van der Waals surface area contributed by atoms with E-state index in [4.69, 9.17) is 4.74 Å². The van der Waals surface area contributed by atoms with Gasteiger partial charge in [-0.3, -0.25) is 9.69 Å². The summed E-state index contributed by atoms with van der Waals surface area (Å²) in [4.78, 5) is 14.4. The fraction of sp³-hybridized carbons (Fsp3) is 0.632. The smallest absolute Gasteiger partial charge is 0.220 e. The SMILES string of the molecule is CC(C)C(CC(=O)NCC(O)CN1CCOCC1)c1ccccc1. The van der Waals surface area contributed by atoms with Crippen LogP contribution in [0.4, 0.5) is 0 Å². The van der Waals surface area contributed by atoms with Gasteiger partial charge in [-0.1, -0.05) is 44.2 Å². The number of β-amino-alcohol motifs (C(OH)–C–C–N with tert-alkyl or cyclic N) is 1. The van der Waals surface area contributed by atoms with Crippen LogP contribution in [0.2, 0.25) is 0 Å². The van der Waals surface area contributed by atoms with Crippen LogP contribution in [-0.2, 0) is 9.53 Å². The number of aliphatic hydroxyl groups excluding tert-OH is 1. The Morgan fingerprint density at radius 1 is 1.25 bits per heavy atom. The van der Waals surface area contributed by atoms with Gasteiger partial charge in [0.2, 0.25) is 5.91 Å². The summed E-state index contributed by atoms with van der Waals surface area (Å²) >= 11 is 0. The molecule has 0 spiro atoms. The Balaban J connectivity index is 1.76. The lowest BCUT2D eigenvalue weighted by Gasteiger charge is -2.28.